The molecule has 0 unspecified atom stereocenters. The molecule has 2 nitrogen and oxygen atoms in total. The third kappa shape index (κ3) is 3.58. The number of nitrogens with zero attached hydrogens (tertiary/aromatic N) is 1. The molecule has 0 aliphatic rings. The number of benzene rings is 2. The lowest BCUT2D eigenvalue weighted by molar-refractivity contribution is 0.414. The Hall–Kier alpha value is -1.80. The summed E-state index contributed by atoms with van der Waals surface area (Å²) in [7, 11) is 1.64. The number of halogens is 1. The van der Waals surface area contributed by atoms with Crippen LogP contribution in [0.3, 0.4) is 0 Å². The Bertz CT molecular complexity index is 576. The predicted molar refractivity (Wildman–Crippen MR) is 81.1 cm³/mol. The van der Waals surface area contributed by atoms with Crippen LogP contribution in [0.5, 0.6) is 5.75 Å². The molecule has 0 fully saturated rings. The normalized spacial score (nSPS) is 10.9. The van der Waals surface area contributed by atoms with E-state index in [1.54, 1.807) is 19.4 Å². The molecule has 0 N–H and O–H groups in total. The highest BCUT2D eigenvalue weighted by Crippen LogP contribution is 2.22. The zero-order valence-electron chi connectivity index (χ0n) is 11.1. The number of aliphatic imine (C=N–C) groups is 1. The first kappa shape index (κ1) is 13.6. The summed E-state index contributed by atoms with van der Waals surface area (Å²) < 4.78 is 5.28. The summed E-state index contributed by atoms with van der Waals surface area (Å²) in [5.74, 6) is 0.762. The van der Waals surface area contributed by atoms with E-state index in [2.05, 4.69) is 24.0 Å². The molecule has 0 aromatic heterocycles. The van der Waals surface area contributed by atoms with E-state index < -0.39 is 0 Å². The molecule has 0 aliphatic carbocycles. The second kappa shape index (κ2) is 6.39. The van der Waals surface area contributed by atoms with E-state index in [0.717, 1.165) is 23.4 Å². The highest BCUT2D eigenvalue weighted by molar-refractivity contribution is 6.30. The van der Waals surface area contributed by atoms with Crippen LogP contribution in [0.1, 0.15) is 18.1 Å². The third-order valence-electron chi connectivity index (χ3n) is 2.89. The first-order valence-corrected chi connectivity index (χ1v) is 6.57. The molecule has 0 spiro atoms. The van der Waals surface area contributed by atoms with Crippen LogP contribution in [0.25, 0.3) is 0 Å². The maximum atomic E-state index is 5.98. The van der Waals surface area contributed by atoms with Crippen molar-refractivity contribution >= 4 is 23.5 Å². The van der Waals surface area contributed by atoms with Gasteiger partial charge < -0.3 is 4.74 Å². The molecule has 2 rings (SSSR count). The van der Waals surface area contributed by atoms with Crippen molar-refractivity contribution in [3.05, 3.63) is 58.6 Å². The Morgan fingerprint density at radius 2 is 1.89 bits per heavy atom. The highest BCUT2D eigenvalue weighted by Gasteiger charge is 2.01. The molecule has 0 heterocycles. The fourth-order valence-electron chi connectivity index (χ4n) is 1.77. The van der Waals surface area contributed by atoms with Crippen molar-refractivity contribution in [2.75, 3.05) is 7.11 Å². The predicted octanol–water partition coefficient (Wildman–Crippen LogP) is 4.66. The van der Waals surface area contributed by atoms with E-state index in [-0.39, 0.29) is 0 Å². The number of ether oxygens (including phenoxy) is 1. The van der Waals surface area contributed by atoms with Gasteiger partial charge in [-0.25, -0.2) is 0 Å². The molecular formula is C16H16ClNO. The second-order valence-electron chi connectivity index (χ2n) is 4.16. The molecule has 98 valence electrons. The number of rotatable bonds is 4. The standard InChI is InChI=1S/C16H16ClNO/c1-3-12-4-7-15(8-5-12)18-11-13-10-14(17)6-9-16(13)19-2/h4-11H,3H2,1-2H3. The summed E-state index contributed by atoms with van der Waals surface area (Å²) >= 11 is 5.98. The zero-order chi connectivity index (χ0) is 13.7. The quantitative estimate of drug-likeness (QED) is 0.743. The Labute approximate surface area is 118 Å². The van der Waals surface area contributed by atoms with Gasteiger partial charge >= 0.3 is 0 Å². The number of hydrogen-bond donors (Lipinski definition) is 0. The monoisotopic (exact) mass is 273 g/mol. The van der Waals surface area contributed by atoms with Crippen LogP contribution < -0.4 is 4.74 Å². The highest BCUT2D eigenvalue weighted by atomic mass is 35.5. The maximum absolute atomic E-state index is 5.98. The summed E-state index contributed by atoms with van der Waals surface area (Å²) in [5.41, 5.74) is 3.09. The van der Waals surface area contributed by atoms with Gasteiger partial charge in [0.2, 0.25) is 0 Å². The van der Waals surface area contributed by atoms with Gasteiger partial charge in [-0.2, -0.15) is 0 Å². The van der Waals surface area contributed by atoms with E-state index in [4.69, 9.17) is 16.3 Å². The topological polar surface area (TPSA) is 21.6 Å². The van der Waals surface area contributed by atoms with E-state index >= 15 is 0 Å². The number of methoxy groups -OCH3 is 1. The number of hydrogen-bond acceptors (Lipinski definition) is 2. The van der Waals surface area contributed by atoms with Gasteiger partial charge in [-0.1, -0.05) is 30.7 Å². The molecule has 0 radical (unpaired) electrons. The summed E-state index contributed by atoms with van der Waals surface area (Å²) in [6, 6.07) is 13.7. The molecule has 19 heavy (non-hydrogen) atoms. The molecular weight excluding hydrogens is 258 g/mol. The third-order valence-corrected chi connectivity index (χ3v) is 3.12. The molecule has 2 aromatic carbocycles. The largest absolute Gasteiger partial charge is 0.496 e. The minimum Gasteiger partial charge on any atom is -0.496 e. The zero-order valence-corrected chi connectivity index (χ0v) is 11.8. The Morgan fingerprint density at radius 1 is 1.16 bits per heavy atom. The van der Waals surface area contributed by atoms with Crippen molar-refractivity contribution in [3.8, 4) is 5.75 Å². The molecule has 0 bridgehead atoms. The molecule has 3 heteroatoms. The summed E-state index contributed by atoms with van der Waals surface area (Å²) in [5, 5.41) is 0.670. The van der Waals surface area contributed by atoms with Crippen LogP contribution in [0.15, 0.2) is 47.5 Å². The summed E-state index contributed by atoms with van der Waals surface area (Å²) in [6.45, 7) is 2.13. The second-order valence-corrected chi connectivity index (χ2v) is 4.60. The molecule has 0 amide bonds. The van der Waals surface area contributed by atoms with Gasteiger partial charge in [-0.15, -0.1) is 0 Å². The van der Waals surface area contributed by atoms with E-state index in [0.29, 0.717) is 5.02 Å². The van der Waals surface area contributed by atoms with Crippen LogP contribution in [0, 0.1) is 0 Å². The number of aryl methyl sites for hydroxylation is 1. The van der Waals surface area contributed by atoms with Crippen LogP contribution in [-0.2, 0) is 6.42 Å². The lowest BCUT2D eigenvalue weighted by Crippen LogP contribution is -1.90. The van der Waals surface area contributed by atoms with Crippen LogP contribution >= 0.6 is 11.6 Å². The van der Waals surface area contributed by atoms with E-state index in [1.165, 1.54) is 5.56 Å². The first-order valence-electron chi connectivity index (χ1n) is 6.19. The smallest absolute Gasteiger partial charge is 0.127 e. The van der Waals surface area contributed by atoms with E-state index in [9.17, 15) is 0 Å². The minimum atomic E-state index is 0.670. The fourth-order valence-corrected chi connectivity index (χ4v) is 1.95. The Morgan fingerprint density at radius 3 is 2.53 bits per heavy atom. The summed E-state index contributed by atoms with van der Waals surface area (Å²) in [4.78, 5) is 4.44. The van der Waals surface area contributed by atoms with Crippen molar-refractivity contribution in [2.45, 2.75) is 13.3 Å². The van der Waals surface area contributed by atoms with Crippen molar-refractivity contribution < 1.29 is 4.74 Å². The van der Waals surface area contributed by atoms with Gasteiger partial charge in [-0.05, 0) is 42.3 Å². The van der Waals surface area contributed by atoms with Crippen molar-refractivity contribution in [2.24, 2.45) is 4.99 Å². The maximum Gasteiger partial charge on any atom is 0.127 e. The van der Waals surface area contributed by atoms with Gasteiger partial charge in [0, 0.05) is 16.8 Å². The lowest BCUT2D eigenvalue weighted by atomic mass is 10.1. The van der Waals surface area contributed by atoms with Gasteiger partial charge in [0.05, 0.1) is 12.8 Å². The summed E-state index contributed by atoms with van der Waals surface area (Å²) in [6.07, 6.45) is 2.80. The average molecular weight is 274 g/mol. The molecule has 0 atom stereocenters. The van der Waals surface area contributed by atoms with Crippen LogP contribution in [0.4, 0.5) is 5.69 Å². The Kier molecular flexibility index (Phi) is 4.58. The molecule has 0 aliphatic heterocycles. The van der Waals surface area contributed by atoms with Crippen molar-refractivity contribution in [1.82, 2.24) is 0 Å². The Balaban J connectivity index is 2.23. The van der Waals surface area contributed by atoms with Gasteiger partial charge in [0.15, 0.2) is 0 Å². The minimum absolute atomic E-state index is 0.670. The first-order chi connectivity index (χ1) is 9.22. The van der Waals surface area contributed by atoms with E-state index in [1.807, 2.05) is 24.3 Å². The van der Waals surface area contributed by atoms with Gasteiger partial charge in [-0.3, -0.25) is 4.99 Å². The SMILES string of the molecule is CCc1ccc(N=Cc2cc(Cl)ccc2OC)cc1. The van der Waals surface area contributed by atoms with Crippen LogP contribution in [0.2, 0.25) is 5.02 Å². The molecule has 0 saturated carbocycles. The van der Waals surface area contributed by atoms with Gasteiger partial charge in [0.1, 0.15) is 5.75 Å². The van der Waals surface area contributed by atoms with Crippen molar-refractivity contribution in [1.29, 1.82) is 0 Å². The molecule has 2 aromatic rings. The van der Waals surface area contributed by atoms with Gasteiger partial charge in [0.25, 0.3) is 0 Å². The van der Waals surface area contributed by atoms with Crippen molar-refractivity contribution in [3.63, 3.8) is 0 Å². The fraction of sp³-hybridized carbons (Fsp3) is 0.188. The average Bonchev–Trinajstić information content (AvgIpc) is 2.46. The molecule has 0 saturated heterocycles. The lowest BCUT2D eigenvalue weighted by Gasteiger charge is -2.04. The van der Waals surface area contributed by atoms with Crippen LogP contribution in [-0.4, -0.2) is 13.3 Å².